The van der Waals surface area contributed by atoms with Crippen LogP contribution in [0.1, 0.15) is 62.9 Å². The first-order chi connectivity index (χ1) is 11.7. The number of aromatic nitrogens is 2. The van der Waals surface area contributed by atoms with Crippen LogP contribution in [-0.4, -0.2) is 27.5 Å². The molecule has 5 heteroatoms. The Morgan fingerprint density at radius 3 is 2.83 bits per heavy atom. The molecular weight excluding hydrogens is 302 g/mol. The van der Waals surface area contributed by atoms with Gasteiger partial charge in [0.1, 0.15) is 6.04 Å². The Morgan fingerprint density at radius 1 is 1.29 bits per heavy atom. The van der Waals surface area contributed by atoms with Gasteiger partial charge in [-0.05, 0) is 26.2 Å². The van der Waals surface area contributed by atoms with Crippen LogP contribution < -0.4 is 0 Å². The number of carbonyl (C=O) groups excluding carboxylic acids is 1. The van der Waals surface area contributed by atoms with Crippen LogP contribution in [0.25, 0.3) is 11.4 Å². The third-order valence-electron chi connectivity index (χ3n) is 4.60. The number of aryl methyl sites for hydroxylation is 1. The van der Waals surface area contributed by atoms with Gasteiger partial charge in [-0.1, -0.05) is 54.8 Å². The van der Waals surface area contributed by atoms with Crippen molar-refractivity contribution < 1.29 is 9.32 Å². The van der Waals surface area contributed by atoms with Gasteiger partial charge in [0, 0.05) is 18.5 Å². The Balaban J connectivity index is 1.71. The molecule has 0 spiro atoms. The summed E-state index contributed by atoms with van der Waals surface area (Å²) >= 11 is 0. The first kappa shape index (κ1) is 16.7. The van der Waals surface area contributed by atoms with Gasteiger partial charge in [0.2, 0.25) is 17.6 Å². The van der Waals surface area contributed by atoms with Crippen molar-refractivity contribution in [3.8, 4) is 11.4 Å². The van der Waals surface area contributed by atoms with Crippen molar-refractivity contribution in [1.29, 1.82) is 0 Å². The van der Waals surface area contributed by atoms with Crippen molar-refractivity contribution in [2.45, 2.75) is 58.4 Å². The highest BCUT2D eigenvalue weighted by atomic mass is 16.5. The highest BCUT2D eigenvalue weighted by molar-refractivity contribution is 5.76. The minimum atomic E-state index is -0.0641. The molecule has 0 N–H and O–H groups in total. The Labute approximate surface area is 143 Å². The van der Waals surface area contributed by atoms with Crippen LogP contribution in [0, 0.1) is 6.92 Å². The van der Waals surface area contributed by atoms with Gasteiger partial charge in [-0.15, -0.1) is 0 Å². The van der Waals surface area contributed by atoms with E-state index in [1.54, 1.807) is 0 Å². The Hall–Kier alpha value is -2.17. The molecule has 2 heterocycles. The van der Waals surface area contributed by atoms with Crippen molar-refractivity contribution in [1.82, 2.24) is 15.0 Å². The van der Waals surface area contributed by atoms with Gasteiger partial charge in [-0.2, -0.15) is 4.98 Å². The van der Waals surface area contributed by atoms with E-state index in [1.165, 1.54) is 5.56 Å². The smallest absolute Gasteiger partial charge is 0.249 e. The Bertz CT molecular complexity index is 678. The second-order valence-corrected chi connectivity index (χ2v) is 6.52. The van der Waals surface area contributed by atoms with Crippen LogP contribution in [0.3, 0.4) is 0 Å². The van der Waals surface area contributed by atoms with E-state index in [4.69, 9.17) is 4.52 Å². The van der Waals surface area contributed by atoms with Crippen molar-refractivity contribution in [2.24, 2.45) is 0 Å². The Morgan fingerprint density at radius 2 is 2.08 bits per heavy atom. The minimum absolute atomic E-state index is 0.0641. The SMILES string of the molecule is CCCCCC(=O)N1CCC[C@H]1c1nc(-c2ccc(C)cc2)no1. The maximum Gasteiger partial charge on any atom is 0.249 e. The summed E-state index contributed by atoms with van der Waals surface area (Å²) in [6.07, 6.45) is 5.68. The van der Waals surface area contributed by atoms with E-state index in [1.807, 2.05) is 36.1 Å². The molecule has 1 amide bonds. The summed E-state index contributed by atoms with van der Waals surface area (Å²) in [4.78, 5) is 18.9. The minimum Gasteiger partial charge on any atom is -0.337 e. The molecule has 1 aromatic carbocycles. The summed E-state index contributed by atoms with van der Waals surface area (Å²) < 4.78 is 5.48. The zero-order valence-electron chi connectivity index (χ0n) is 14.5. The predicted molar refractivity (Wildman–Crippen MR) is 92.3 cm³/mol. The molecule has 24 heavy (non-hydrogen) atoms. The molecule has 1 aromatic heterocycles. The van der Waals surface area contributed by atoms with Crippen molar-refractivity contribution in [2.75, 3.05) is 6.54 Å². The highest BCUT2D eigenvalue weighted by Gasteiger charge is 2.33. The van der Waals surface area contributed by atoms with Gasteiger partial charge in [-0.25, -0.2) is 0 Å². The number of amides is 1. The molecule has 1 fully saturated rings. The van der Waals surface area contributed by atoms with Gasteiger partial charge in [0.05, 0.1) is 0 Å². The molecule has 1 saturated heterocycles. The van der Waals surface area contributed by atoms with E-state index >= 15 is 0 Å². The maximum atomic E-state index is 12.5. The van der Waals surface area contributed by atoms with Crippen LogP contribution >= 0.6 is 0 Å². The fourth-order valence-corrected chi connectivity index (χ4v) is 3.18. The standard InChI is InChI=1S/C19H25N3O2/c1-3-4-5-8-17(23)22-13-6-7-16(22)19-20-18(21-24-19)15-11-9-14(2)10-12-15/h9-12,16H,3-8,13H2,1-2H3/t16-/m0/s1. The fourth-order valence-electron chi connectivity index (χ4n) is 3.18. The van der Waals surface area contributed by atoms with E-state index in [0.29, 0.717) is 18.1 Å². The van der Waals surface area contributed by atoms with Gasteiger partial charge >= 0.3 is 0 Å². The van der Waals surface area contributed by atoms with E-state index < -0.39 is 0 Å². The molecule has 128 valence electrons. The summed E-state index contributed by atoms with van der Waals surface area (Å²) in [5.74, 6) is 1.36. The number of likely N-dealkylation sites (tertiary alicyclic amines) is 1. The molecular formula is C19H25N3O2. The lowest BCUT2D eigenvalue weighted by atomic mass is 10.1. The summed E-state index contributed by atoms with van der Waals surface area (Å²) in [5.41, 5.74) is 2.14. The third kappa shape index (κ3) is 3.66. The van der Waals surface area contributed by atoms with Crippen LogP contribution in [0.4, 0.5) is 0 Å². The predicted octanol–water partition coefficient (Wildman–Crippen LogP) is 4.29. The molecule has 3 rings (SSSR count). The van der Waals surface area contributed by atoms with Crippen LogP contribution in [0.5, 0.6) is 0 Å². The zero-order chi connectivity index (χ0) is 16.9. The highest BCUT2D eigenvalue weighted by Crippen LogP contribution is 2.32. The third-order valence-corrected chi connectivity index (χ3v) is 4.60. The van der Waals surface area contributed by atoms with Gasteiger partial charge < -0.3 is 9.42 Å². The van der Waals surface area contributed by atoms with E-state index in [-0.39, 0.29) is 11.9 Å². The van der Waals surface area contributed by atoms with E-state index in [9.17, 15) is 4.79 Å². The zero-order valence-corrected chi connectivity index (χ0v) is 14.5. The normalized spacial score (nSPS) is 17.4. The number of unbranched alkanes of at least 4 members (excludes halogenated alkanes) is 2. The van der Waals surface area contributed by atoms with Crippen molar-refractivity contribution in [3.63, 3.8) is 0 Å². The molecule has 0 aliphatic carbocycles. The molecule has 0 bridgehead atoms. The van der Waals surface area contributed by atoms with Gasteiger partial charge in [0.15, 0.2) is 0 Å². The molecule has 5 nitrogen and oxygen atoms in total. The first-order valence-electron chi connectivity index (χ1n) is 8.89. The average Bonchev–Trinajstić information content (AvgIpc) is 3.24. The summed E-state index contributed by atoms with van der Waals surface area (Å²) in [6, 6.07) is 7.99. The monoisotopic (exact) mass is 327 g/mol. The lowest BCUT2D eigenvalue weighted by Crippen LogP contribution is -2.30. The first-order valence-corrected chi connectivity index (χ1v) is 8.89. The van der Waals surface area contributed by atoms with Crippen LogP contribution in [-0.2, 0) is 4.79 Å². The second kappa shape index (κ2) is 7.60. The average molecular weight is 327 g/mol. The quantitative estimate of drug-likeness (QED) is 0.743. The van der Waals surface area contributed by atoms with E-state index in [0.717, 1.165) is 44.2 Å². The molecule has 0 unspecified atom stereocenters. The van der Waals surface area contributed by atoms with Crippen LogP contribution in [0.15, 0.2) is 28.8 Å². The van der Waals surface area contributed by atoms with Crippen molar-refractivity contribution in [3.05, 3.63) is 35.7 Å². The second-order valence-electron chi connectivity index (χ2n) is 6.52. The molecule has 1 aliphatic rings. The number of hydrogen-bond donors (Lipinski definition) is 0. The number of rotatable bonds is 6. The molecule has 1 atom stereocenters. The van der Waals surface area contributed by atoms with Crippen LogP contribution in [0.2, 0.25) is 0 Å². The Kier molecular flexibility index (Phi) is 5.28. The summed E-state index contributed by atoms with van der Waals surface area (Å²) in [5, 5.41) is 4.11. The van der Waals surface area contributed by atoms with Gasteiger partial charge in [0.25, 0.3) is 0 Å². The lowest BCUT2D eigenvalue weighted by Gasteiger charge is -2.21. The molecule has 2 aromatic rings. The summed E-state index contributed by atoms with van der Waals surface area (Å²) in [6.45, 7) is 4.98. The van der Waals surface area contributed by atoms with Crippen molar-refractivity contribution >= 4 is 5.91 Å². The number of benzene rings is 1. The fraction of sp³-hybridized carbons (Fsp3) is 0.526. The van der Waals surface area contributed by atoms with E-state index in [2.05, 4.69) is 17.1 Å². The van der Waals surface area contributed by atoms with Gasteiger partial charge in [-0.3, -0.25) is 4.79 Å². The number of carbonyl (C=O) groups is 1. The number of hydrogen-bond acceptors (Lipinski definition) is 4. The molecule has 0 saturated carbocycles. The molecule has 0 radical (unpaired) electrons. The molecule has 1 aliphatic heterocycles. The largest absolute Gasteiger partial charge is 0.337 e. The topological polar surface area (TPSA) is 59.2 Å². The maximum absolute atomic E-state index is 12.5. The number of nitrogens with zero attached hydrogens (tertiary/aromatic N) is 3. The summed E-state index contributed by atoms with van der Waals surface area (Å²) in [7, 11) is 0. The lowest BCUT2D eigenvalue weighted by molar-refractivity contribution is -0.132.